The van der Waals surface area contributed by atoms with E-state index in [0.29, 0.717) is 12.4 Å². The zero-order valence-electron chi connectivity index (χ0n) is 11.2. The zero-order valence-corrected chi connectivity index (χ0v) is 11.2. The summed E-state index contributed by atoms with van der Waals surface area (Å²) in [6.45, 7) is 4.06. The van der Waals surface area contributed by atoms with E-state index >= 15 is 0 Å². The second-order valence-corrected chi connectivity index (χ2v) is 4.43. The molecule has 0 unspecified atom stereocenters. The summed E-state index contributed by atoms with van der Waals surface area (Å²) in [5.41, 5.74) is 0.0612. The molecule has 0 heterocycles. The van der Waals surface area contributed by atoms with Crippen LogP contribution in [0.3, 0.4) is 0 Å². The smallest absolute Gasteiger partial charge is 0.166 e. The molecule has 0 aliphatic rings. The molecule has 0 N–H and O–H groups in total. The SMILES string of the molecule is CCCCCCCOc1cccc(F)c1C(C)=O. The van der Waals surface area contributed by atoms with Crippen LogP contribution >= 0.6 is 0 Å². The molecule has 0 atom stereocenters. The molecule has 1 aromatic carbocycles. The molecule has 0 amide bonds. The van der Waals surface area contributed by atoms with Gasteiger partial charge in [0.15, 0.2) is 5.78 Å². The third-order valence-electron chi connectivity index (χ3n) is 2.83. The minimum absolute atomic E-state index is 0.0612. The van der Waals surface area contributed by atoms with Gasteiger partial charge >= 0.3 is 0 Å². The molecule has 18 heavy (non-hydrogen) atoms. The minimum atomic E-state index is -0.508. The highest BCUT2D eigenvalue weighted by Crippen LogP contribution is 2.22. The predicted molar refractivity (Wildman–Crippen MR) is 70.7 cm³/mol. The van der Waals surface area contributed by atoms with Crippen LogP contribution in [-0.4, -0.2) is 12.4 Å². The summed E-state index contributed by atoms with van der Waals surface area (Å²) in [4.78, 5) is 11.3. The van der Waals surface area contributed by atoms with Crippen molar-refractivity contribution in [2.75, 3.05) is 6.61 Å². The Morgan fingerprint density at radius 2 is 1.94 bits per heavy atom. The van der Waals surface area contributed by atoms with Crippen LogP contribution in [0.25, 0.3) is 0 Å². The number of carbonyl (C=O) groups excluding carboxylic acids is 1. The van der Waals surface area contributed by atoms with Crippen LogP contribution in [0.2, 0.25) is 0 Å². The predicted octanol–water partition coefficient (Wildman–Crippen LogP) is 4.38. The molecule has 1 aromatic rings. The Labute approximate surface area is 108 Å². The summed E-state index contributed by atoms with van der Waals surface area (Å²) in [6, 6.07) is 4.49. The lowest BCUT2D eigenvalue weighted by molar-refractivity contribution is 0.100. The van der Waals surface area contributed by atoms with E-state index in [1.54, 1.807) is 12.1 Å². The monoisotopic (exact) mass is 252 g/mol. The lowest BCUT2D eigenvalue weighted by Crippen LogP contribution is -2.05. The summed E-state index contributed by atoms with van der Waals surface area (Å²) in [5.74, 6) is -0.446. The van der Waals surface area contributed by atoms with Crippen LogP contribution in [0, 0.1) is 5.82 Å². The van der Waals surface area contributed by atoms with Crippen LogP contribution in [0.4, 0.5) is 4.39 Å². The number of hydrogen-bond acceptors (Lipinski definition) is 2. The highest BCUT2D eigenvalue weighted by molar-refractivity contribution is 5.97. The lowest BCUT2D eigenvalue weighted by Gasteiger charge is -2.10. The first-order valence-electron chi connectivity index (χ1n) is 6.59. The molecular formula is C15H21FO2. The summed E-state index contributed by atoms with van der Waals surface area (Å²) < 4.78 is 19.0. The van der Waals surface area contributed by atoms with Gasteiger partial charge in [0.25, 0.3) is 0 Å². The van der Waals surface area contributed by atoms with E-state index < -0.39 is 5.82 Å². The second kappa shape index (κ2) is 7.85. The third kappa shape index (κ3) is 4.47. The van der Waals surface area contributed by atoms with E-state index in [0.717, 1.165) is 12.8 Å². The van der Waals surface area contributed by atoms with E-state index in [9.17, 15) is 9.18 Å². The number of hydrogen-bond donors (Lipinski definition) is 0. The molecule has 0 saturated heterocycles. The number of unbranched alkanes of at least 4 members (excludes halogenated alkanes) is 4. The Hall–Kier alpha value is -1.38. The first kappa shape index (κ1) is 14.7. The van der Waals surface area contributed by atoms with Crippen molar-refractivity contribution in [3.05, 3.63) is 29.6 Å². The second-order valence-electron chi connectivity index (χ2n) is 4.43. The van der Waals surface area contributed by atoms with Crippen LogP contribution in [-0.2, 0) is 0 Å². The van der Waals surface area contributed by atoms with Gasteiger partial charge in [0, 0.05) is 0 Å². The number of ketones is 1. The minimum Gasteiger partial charge on any atom is -0.493 e. The van der Waals surface area contributed by atoms with Crippen LogP contribution in [0.15, 0.2) is 18.2 Å². The average Bonchev–Trinajstić information content (AvgIpc) is 2.33. The molecule has 3 heteroatoms. The van der Waals surface area contributed by atoms with Gasteiger partial charge in [-0.05, 0) is 25.5 Å². The Balaban J connectivity index is 2.47. The summed E-state index contributed by atoms with van der Waals surface area (Å²) in [7, 11) is 0. The van der Waals surface area contributed by atoms with Crippen molar-refractivity contribution in [1.82, 2.24) is 0 Å². The molecule has 100 valence electrons. The fraction of sp³-hybridized carbons (Fsp3) is 0.533. The van der Waals surface area contributed by atoms with Crippen molar-refractivity contribution >= 4 is 5.78 Å². The standard InChI is InChI=1S/C15H21FO2/c1-3-4-5-6-7-11-18-14-10-8-9-13(16)15(14)12(2)17/h8-10H,3-7,11H2,1-2H3. The van der Waals surface area contributed by atoms with E-state index in [4.69, 9.17) is 4.74 Å². The zero-order chi connectivity index (χ0) is 13.4. The number of rotatable bonds is 8. The number of ether oxygens (including phenoxy) is 1. The van der Waals surface area contributed by atoms with Crippen LogP contribution in [0.5, 0.6) is 5.75 Å². The Morgan fingerprint density at radius 1 is 1.22 bits per heavy atom. The van der Waals surface area contributed by atoms with Crippen LogP contribution in [0.1, 0.15) is 56.3 Å². The Kier molecular flexibility index (Phi) is 6.40. The maximum absolute atomic E-state index is 13.5. The van der Waals surface area contributed by atoms with Gasteiger partial charge in [0.2, 0.25) is 0 Å². The molecule has 0 aliphatic heterocycles. The van der Waals surface area contributed by atoms with Gasteiger partial charge in [-0.3, -0.25) is 4.79 Å². The molecule has 0 fully saturated rings. The Morgan fingerprint density at radius 3 is 2.61 bits per heavy atom. The number of carbonyl (C=O) groups is 1. The summed E-state index contributed by atoms with van der Waals surface area (Å²) >= 11 is 0. The molecule has 0 aromatic heterocycles. The van der Waals surface area contributed by atoms with Crippen molar-refractivity contribution in [3.8, 4) is 5.75 Å². The van der Waals surface area contributed by atoms with Crippen LogP contribution < -0.4 is 4.74 Å². The van der Waals surface area contributed by atoms with Crippen molar-refractivity contribution in [3.63, 3.8) is 0 Å². The van der Waals surface area contributed by atoms with Crippen molar-refractivity contribution in [2.24, 2.45) is 0 Å². The van der Waals surface area contributed by atoms with Gasteiger partial charge in [-0.2, -0.15) is 0 Å². The molecular weight excluding hydrogens is 231 g/mol. The van der Waals surface area contributed by atoms with Crippen molar-refractivity contribution < 1.29 is 13.9 Å². The maximum Gasteiger partial charge on any atom is 0.166 e. The molecule has 2 nitrogen and oxygen atoms in total. The fourth-order valence-electron chi connectivity index (χ4n) is 1.85. The largest absolute Gasteiger partial charge is 0.493 e. The highest BCUT2D eigenvalue weighted by atomic mass is 19.1. The van der Waals surface area contributed by atoms with Crippen molar-refractivity contribution in [1.29, 1.82) is 0 Å². The highest BCUT2D eigenvalue weighted by Gasteiger charge is 2.13. The lowest BCUT2D eigenvalue weighted by atomic mass is 10.1. The maximum atomic E-state index is 13.5. The molecule has 0 aliphatic carbocycles. The number of Topliss-reactive ketones (excluding diaryl/α,β-unsaturated/α-hetero) is 1. The number of halogens is 1. The topological polar surface area (TPSA) is 26.3 Å². The van der Waals surface area contributed by atoms with E-state index in [2.05, 4.69) is 6.92 Å². The molecule has 0 radical (unpaired) electrons. The van der Waals surface area contributed by atoms with Gasteiger partial charge in [-0.1, -0.05) is 38.7 Å². The molecule has 1 rings (SSSR count). The molecule has 0 bridgehead atoms. The van der Waals surface area contributed by atoms with E-state index in [1.165, 1.54) is 32.3 Å². The van der Waals surface area contributed by atoms with Crippen molar-refractivity contribution in [2.45, 2.75) is 46.0 Å². The molecule has 0 saturated carbocycles. The third-order valence-corrected chi connectivity index (χ3v) is 2.83. The summed E-state index contributed by atoms with van der Waals surface area (Å²) in [5, 5.41) is 0. The van der Waals surface area contributed by atoms with E-state index in [1.807, 2.05) is 0 Å². The van der Waals surface area contributed by atoms with Gasteiger partial charge in [0.1, 0.15) is 11.6 Å². The van der Waals surface area contributed by atoms with Gasteiger partial charge in [-0.25, -0.2) is 4.39 Å². The Bertz CT molecular complexity index is 388. The fourth-order valence-corrected chi connectivity index (χ4v) is 1.85. The first-order valence-corrected chi connectivity index (χ1v) is 6.59. The summed E-state index contributed by atoms with van der Waals surface area (Å²) in [6.07, 6.45) is 5.69. The normalized spacial score (nSPS) is 10.4. The number of benzene rings is 1. The van der Waals surface area contributed by atoms with E-state index in [-0.39, 0.29) is 11.3 Å². The quantitative estimate of drug-likeness (QED) is 0.507. The molecule has 0 spiro atoms. The van der Waals surface area contributed by atoms with Gasteiger partial charge in [0.05, 0.1) is 12.2 Å². The average molecular weight is 252 g/mol. The first-order chi connectivity index (χ1) is 8.66. The van der Waals surface area contributed by atoms with Gasteiger partial charge < -0.3 is 4.74 Å². The van der Waals surface area contributed by atoms with Gasteiger partial charge in [-0.15, -0.1) is 0 Å².